The van der Waals surface area contributed by atoms with E-state index in [1.165, 1.54) is 11.3 Å². The van der Waals surface area contributed by atoms with Crippen LogP contribution in [0.15, 0.2) is 36.8 Å². The fourth-order valence-electron chi connectivity index (χ4n) is 1.90. The van der Waals surface area contributed by atoms with Gasteiger partial charge in [0.05, 0.1) is 23.5 Å². The predicted molar refractivity (Wildman–Crippen MR) is 87.8 cm³/mol. The third-order valence-electron chi connectivity index (χ3n) is 2.90. The molecule has 21 heavy (non-hydrogen) atoms. The molecule has 0 aliphatic rings. The van der Waals surface area contributed by atoms with E-state index in [0.717, 1.165) is 21.8 Å². The average molecular weight is 339 g/mol. The van der Waals surface area contributed by atoms with E-state index in [9.17, 15) is 0 Å². The number of hydrogen-bond donors (Lipinski definition) is 1. The molecule has 0 saturated carbocycles. The number of halogens is 2. The predicted octanol–water partition coefficient (Wildman–Crippen LogP) is 4.56. The summed E-state index contributed by atoms with van der Waals surface area (Å²) < 4.78 is 2.32. The first-order chi connectivity index (χ1) is 10.1. The molecule has 0 spiro atoms. The molecule has 0 unspecified atom stereocenters. The van der Waals surface area contributed by atoms with Crippen LogP contribution in [0, 0.1) is 6.92 Å². The summed E-state index contributed by atoms with van der Waals surface area (Å²) >= 11 is 13.6. The number of nitrogens with one attached hydrogen (secondary N) is 1. The largest absolute Gasteiger partial charge is 0.380 e. The number of aryl methyl sites for hydroxylation is 1. The van der Waals surface area contributed by atoms with Crippen molar-refractivity contribution < 1.29 is 0 Å². The first kappa shape index (κ1) is 14.4. The van der Waals surface area contributed by atoms with E-state index in [2.05, 4.69) is 15.4 Å². The highest BCUT2D eigenvalue weighted by Crippen LogP contribution is 2.25. The fourth-order valence-corrected chi connectivity index (χ4v) is 3.09. The maximum absolute atomic E-state index is 6.33. The highest BCUT2D eigenvalue weighted by Gasteiger charge is 2.06. The van der Waals surface area contributed by atoms with Gasteiger partial charge in [-0.3, -0.25) is 0 Å². The SMILES string of the molecule is Cc1cnn(-c2ccc(NCc3cnc(Cl)s3)cc2Cl)c1. The third kappa shape index (κ3) is 3.37. The van der Waals surface area contributed by atoms with Crippen molar-refractivity contribution in [2.75, 3.05) is 5.32 Å². The van der Waals surface area contributed by atoms with Crippen LogP contribution < -0.4 is 5.32 Å². The number of aromatic nitrogens is 3. The molecular weight excluding hydrogens is 327 g/mol. The van der Waals surface area contributed by atoms with E-state index in [4.69, 9.17) is 23.2 Å². The Morgan fingerprint density at radius 3 is 2.76 bits per heavy atom. The maximum Gasteiger partial charge on any atom is 0.183 e. The Balaban J connectivity index is 1.75. The first-order valence-electron chi connectivity index (χ1n) is 6.27. The molecule has 2 aromatic heterocycles. The summed E-state index contributed by atoms with van der Waals surface area (Å²) in [5.74, 6) is 0. The van der Waals surface area contributed by atoms with Crippen molar-refractivity contribution in [3.63, 3.8) is 0 Å². The summed E-state index contributed by atoms with van der Waals surface area (Å²) in [5, 5.41) is 8.20. The minimum absolute atomic E-state index is 0.550. The Labute approximate surface area is 136 Å². The van der Waals surface area contributed by atoms with Crippen LogP contribution in [-0.2, 0) is 6.54 Å². The van der Waals surface area contributed by atoms with Crippen LogP contribution in [0.2, 0.25) is 9.49 Å². The van der Waals surface area contributed by atoms with Gasteiger partial charge in [-0.25, -0.2) is 9.67 Å². The molecule has 3 rings (SSSR count). The molecule has 0 aliphatic carbocycles. The molecule has 1 N–H and O–H groups in total. The van der Waals surface area contributed by atoms with Gasteiger partial charge < -0.3 is 5.32 Å². The summed E-state index contributed by atoms with van der Waals surface area (Å²) in [7, 11) is 0. The van der Waals surface area contributed by atoms with Gasteiger partial charge in [0.1, 0.15) is 0 Å². The minimum atomic E-state index is 0.550. The number of benzene rings is 1. The summed E-state index contributed by atoms with van der Waals surface area (Å²) in [6, 6.07) is 5.80. The molecule has 1 aromatic carbocycles. The van der Waals surface area contributed by atoms with E-state index < -0.39 is 0 Å². The Morgan fingerprint density at radius 2 is 2.14 bits per heavy atom. The van der Waals surface area contributed by atoms with Crippen LogP contribution >= 0.6 is 34.5 Å². The summed E-state index contributed by atoms with van der Waals surface area (Å²) in [4.78, 5) is 5.08. The van der Waals surface area contributed by atoms with Gasteiger partial charge in [0, 0.05) is 23.0 Å². The zero-order valence-corrected chi connectivity index (χ0v) is 13.5. The van der Waals surface area contributed by atoms with Crippen molar-refractivity contribution in [2.24, 2.45) is 0 Å². The molecule has 0 fully saturated rings. The molecule has 3 aromatic rings. The lowest BCUT2D eigenvalue weighted by Gasteiger charge is -2.09. The number of nitrogens with zero attached hydrogens (tertiary/aromatic N) is 3. The second-order valence-electron chi connectivity index (χ2n) is 4.56. The van der Waals surface area contributed by atoms with Crippen molar-refractivity contribution >= 4 is 40.2 Å². The van der Waals surface area contributed by atoms with Gasteiger partial charge in [-0.2, -0.15) is 5.10 Å². The van der Waals surface area contributed by atoms with E-state index in [0.29, 0.717) is 16.0 Å². The Bertz CT molecular complexity index is 766. The number of rotatable bonds is 4. The molecule has 4 nitrogen and oxygen atoms in total. The molecule has 7 heteroatoms. The zero-order valence-electron chi connectivity index (χ0n) is 11.2. The Hall–Kier alpha value is -1.56. The summed E-state index contributed by atoms with van der Waals surface area (Å²) in [6.07, 6.45) is 5.51. The van der Waals surface area contributed by atoms with Crippen molar-refractivity contribution in [1.82, 2.24) is 14.8 Å². The number of hydrogen-bond acceptors (Lipinski definition) is 4. The van der Waals surface area contributed by atoms with E-state index in [-0.39, 0.29) is 0 Å². The lowest BCUT2D eigenvalue weighted by Crippen LogP contribution is -2.00. The zero-order chi connectivity index (χ0) is 14.8. The third-order valence-corrected chi connectivity index (χ3v) is 4.32. The van der Waals surface area contributed by atoms with Crippen molar-refractivity contribution in [3.8, 4) is 5.69 Å². The quantitative estimate of drug-likeness (QED) is 0.758. The monoisotopic (exact) mass is 338 g/mol. The topological polar surface area (TPSA) is 42.7 Å². The lowest BCUT2D eigenvalue weighted by atomic mass is 10.2. The van der Waals surface area contributed by atoms with E-state index in [1.807, 2.05) is 31.3 Å². The van der Waals surface area contributed by atoms with E-state index >= 15 is 0 Å². The van der Waals surface area contributed by atoms with Crippen LogP contribution in [0.25, 0.3) is 5.69 Å². The number of anilines is 1. The molecule has 108 valence electrons. The summed E-state index contributed by atoms with van der Waals surface area (Å²) in [5.41, 5.74) is 2.89. The second kappa shape index (κ2) is 6.05. The fraction of sp³-hybridized carbons (Fsp3) is 0.143. The lowest BCUT2D eigenvalue weighted by molar-refractivity contribution is 0.880. The van der Waals surface area contributed by atoms with Crippen LogP contribution in [0.3, 0.4) is 0 Å². The maximum atomic E-state index is 6.33. The van der Waals surface area contributed by atoms with Crippen molar-refractivity contribution in [3.05, 3.63) is 56.7 Å². The molecule has 0 aliphatic heterocycles. The van der Waals surface area contributed by atoms with Crippen LogP contribution in [-0.4, -0.2) is 14.8 Å². The molecule has 2 heterocycles. The highest BCUT2D eigenvalue weighted by atomic mass is 35.5. The van der Waals surface area contributed by atoms with Gasteiger partial charge in [-0.05, 0) is 30.7 Å². The van der Waals surface area contributed by atoms with Gasteiger partial charge >= 0.3 is 0 Å². The van der Waals surface area contributed by atoms with Gasteiger partial charge in [-0.15, -0.1) is 11.3 Å². The molecule has 0 bridgehead atoms. The standard InChI is InChI=1S/C14H12Cl2N4S/c1-9-5-19-20(8-9)13-3-2-10(4-12(13)15)17-6-11-7-18-14(16)21-11/h2-5,7-8,17H,6H2,1H3. The normalized spacial score (nSPS) is 10.8. The Kier molecular flexibility index (Phi) is 4.14. The van der Waals surface area contributed by atoms with Crippen LogP contribution in [0.4, 0.5) is 5.69 Å². The smallest absolute Gasteiger partial charge is 0.183 e. The van der Waals surface area contributed by atoms with Gasteiger partial charge in [0.25, 0.3) is 0 Å². The molecular formula is C14H12Cl2N4S. The molecule has 0 saturated heterocycles. The minimum Gasteiger partial charge on any atom is -0.380 e. The second-order valence-corrected chi connectivity index (χ2v) is 6.67. The van der Waals surface area contributed by atoms with Gasteiger partial charge in [-0.1, -0.05) is 23.2 Å². The van der Waals surface area contributed by atoms with Gasteiger partial charge in [0.15, 0.2) is 4.47 Å². The van der Waals surface area contributed by atoms with Crippen molar-refractivity contribution in [2.45, 2.75) is 13.5 Å². The van der Waals surface area contributed by atoms with Crippen LogP contribution in [0.5, 0.6) is 0 Å². The van der Waals surface area contributed by atoms with Crippen LogP contribution in [0.1, 0.15) is 10.4 Å². The Morgan fingerprint density at radius 1 is 1.29 bits per heavy atom. The van der Waals surface area contributed by atoms with Gasteiger partial charge in [0.2, 0.25) is 0 Å². The molecule has 0 radical (unpaired) electrons. The first-order valence-corrected chi connectivity index (χ1v) is 7.84. The molecule has 0 amide bonds. The van der Waals surface area contributed by atoms with E-state index in [1.54, 1.807) is 17.1 Å². The van der Waals surface area contributed by atoms with Crippen molar-refractivity contribution in [1.29, 1.82) is 0 Å². The number of thiazole rings is 1. The summed E-state index contributed by atoms with van der Waals surface area (Å²) in [6.45, 7) is 2.66. The molecule has 0 atom stereocenters. The highest BCUT2D eigenvalue weighted by molar-refractivity contribution is 7.15. The average Bonchev–Trinajstić information content (AvgIpc) is 3.05.